The lowest BCUT2D eigenvalue weighted by molar-refractivity contribution is 0.0856. The van der Waals surface area contributed by atoms with Gasteiger partial charge in [0.1, 0.15) is 23.9 Å². The van der Waals surface area contributed by atoms with E-state index >= 15 is 0 Å². The first-order valence-electron chi connectivity index (χ1n) is 9.52. The van der Waals surface area contributed by atoms with Gasteiger partial charge in [-0.3, -0.25) is 9.80 Å². The molecule has 0 bridgehead atoms. The summed E-state index contributed by atoms with van der Waals surface area (Å²) in [6, 6.07) is 10.7. The Bertz CT molecular complexity index is 730. The molecule has 1 atom stereocenters. The van der Waals surface area contributed by atoms with Gasteiger partial charge in [0.05, 0.1) is 6.54 Å². The van der Waals surface area contributed by atoms with E-state index in [0.29, 0.717) is 11.2 Å². The summed E-state index contributed by atoms with van der Waals surface area (Å²) in [5.41, 5.74) is 1.55. The highest BCUT2D eigenvalue weighted by atomic mass is 19.1. The number of hydrogen-bond acceptors (Lipinski definition) is 4. The number of hydrogen-bond donors (Lipinski definition) is 1. The molecule has 2 saturated heterocycles. The van der Waals surface area contributed by atoms with Gasteiger partial charge in [0.25, 0.3) is 0 Å². The summed E-state index contributed by atoms with van der Waals surface area (Å²) >= 11 is 0. The van der Waals surface area contributed by atoms with E-state index in [0.717, 1.165) is 45.0 Å². The lowest BCUT2D eigenvalue weighted by Gasteiger charge is -2.40. The molecule has 1 N–H and O–H groups in total. The van der Waals surface area contributed by atoms with Gasteiger partial charge in [-0.1, -0.05) is 12.1 Å². The van der Waals surface area contributed by atoms with E-state index in [-0.39, 0.29) is 12.4 Å². The van der Waals surface area contributed by atoms with Gasteiger partial charge in [0, 0.05) is 19.6 Å². The van der Waals surface area contributed by atoms with Crippen LogP contribution in [0.15, 0.2) is 40.8 Å². The number of furan rings is 1. The monoisotopic (exact) mass is 358 g/mol. The standard InChI is InChI=1S/C21H27FN2O2/c22-18-4-2-17(3-5-18)12-23-10-1-8-21(15-23)9-11-24(16-21)13-19-6-7-20(14-25)26-19/h2-7,25H,1,8-16H2. The highest BCUT2D eigenvalue weighted by Crippen LogP contribution is 2.39. The summed E-state index contributed by atoms with van der Waals surface area (Å²) in [7, 11) is 0. The molecule has 2 aliphatic rings. The number of aliphatic hydroxyl groups excluding tert-OH is 1. The van der Waals surface area contributed by atoms with Gasteiger partial charge in [-0.15, -0.1) is 0 Å². The van der Waals surface area contributed by atoms with Crippen LogP contribution in [-0.2, 0) is 19.7 Å². The Labute approximate surface area is 154 Å². The van der Waals surface area contributed by atoms with Crippen LogP contribution in [0.2, 0.25) is 0 Å². The van der Waals surface area contributed by atoms with E-state index in [1.54, 1.807) is 12.1 Å². The van der Waals surface area contributed by atoms with E-state index in [9.17, 15) is 4.39 Å². The van der Waals surface area contributed by atoms with Gasteiger partial charge >= 0.3 is 0 Å². The van der Waals surface area contributed by atoms with E-state index in [4.69, 9.17) is 9.52 Å². The quantitative estimate of drug-likeness (QED) is 0.889. The largest absolute Gasteiger partial charge is 0.462 e. The Hall–Kier alpha value is -1.69. The van der Waals surface area contributed by atoms with Crippen molar-refractivity contribution < 1.29 is 13.9 Å². The number of rotatable bonds is 5. The van der Waals surface area contributed by atoms with Crippen molar-refractivity contribution in [1.29, 1.82) is 0 Å². The molecule has 0 radical (unpaired) electrons. The zero-order valence-electron chi connectivity index (χ0n) is 15.2. The highest BCUT2D eigenvalue weighted by molar-refractivity contribution is 5.16. The third-order valence-electron chi connectivity index (χ3n) is 5.83. The number of benzene rings is 1. The maximum atomic E-state index is 13.1. The molecule has 1 aromatic carbocycles. The zero-order valence-corrected chi connectivity index (χ0v) is 15.2. The van der Waals surface area contributed by atoms with Crippen LogP contribution < -0.4 is 0 Å². The third kappa shape index (κ3) is 4.00. The second kappa shape index (κ2) is 7.51. The molecule has 3 heterocycles. The van der Waals surface area contributed by atoms with Gasteiger partial charge in [-0.25, -0.2) is 4.39 Å². The van der Waals surface area contributed by atoms with Crippen LogP contribution in [-0.4, -0.2) is 41.1 Å². The molecular formula is C21H27FN2O2. The van der Waals surface area contributed by atoms with Crippen molar-refractivity contribution in [2.24, 2.45) is 5.41 Å². The van der Waals surface area contributed by atoms with Crippen LogP contribution in [0.1, 0.15) is 36.3 Å². The third-order valence-corrected chi connectivity index (χ3v) is 5.83. The molecule has 1 aromatic heterocycles. The SMILES string of the molecule is OCc1ccc(CN2CCC3(CCCN(Cc4ccc(F)cc4)C3)C2)o1. The van der Waals surface area contributed by atoms with Gasteiger partial charge in [0.15, 0.2) is 0 Å². The minimum absolute atomic E-state index is 0.0394. The number of likely N-dealkylation sites (tertiary alicyclic amines) is 2. The number of piperidine rings is 1. The van der Waals surface area contributed by atoms with Crippen molar-refractivity contribution in [2.75, 3.05) is 26.2 Å². The number of aliphatic hydroxyl groups is 1. The molecular weight excluding hydrogens is 331 g/mol. The Morgan fingerprint density at radius 2 is 1.65 bits per heavy atom. The molecule has 2 aliphatic heterocycles. The normalized spacial score (nSPS) is 24.5. The summed E-state index contributed by atoms with van der Waals surface area (Å²) in [5.74, 6) is 1.40. The molecule has 4 rings (SSSR count). The summed E-state index contributed by atoms with van der Waals surface area (Å²) in [6.07, 6.45) is 3.73. The average molecular weight is 358 g/mol. The van der Waals surface area contributed by atoms with E-state index in [2.05, 4.69) is 9.80 Å². The Morgan fingerprint density at radius 1 is 0.923 bits per heavy atom. The Balaban J connectivity index is 1.35. The first kappa shape index (κ1) is 17.7. The maximum absolute atomic E-state index is 13.1. The van der Waals surface area contributed by atoms with Crippen molar-refractivity contribution in [2.45, 2.75) is 39.0 Å². The fraction of sp³-hybridized carbons (Fsp3) is 0.524. The molecule has 26 heavy (non-hydrogen) atoms. The molecule has 0 amide bonds. The van der Waals surface area contributed by atoms with Crippen LogP contribution in [0, 0.1) is 11.2 Å². The number of nitrogens with zero attached hydrogens (tertiary/aromatic N) is 2. The maximum Gasteiger partial charge on any atom is 0.129 e. The summed E-state index contributed by atoms with van der Waals surface area (Å²) in [6.45, 7) is 6.11. The second-order valence-corrected chi connectivity index (χ2v) is 7.93. The topological polar surface area (TPSA) is 39.9 Å². The van der Waals surface area contributed by atoms with Crippen LogP contribution in [0.3, 0.4) is 0 Å². The van der Waals surface area contributed by atoms with Gasteiger partial charge in [-0.2, -0.15) is 0 Å². The second-order valence-electron chi connectivity index (χ2n) is 7.93. The van der Waals surface area contributed by atoms with Crippen molar-refractivity contribution >= 4 is 0 Å². The minimum atomic E-state index is -0.169. The van der Waals surface area contributed by atoms with Crippen molar-refractivity contribution in [1.82, 2.24) is 9.80 Å². The zero-order chi connectivity index (χ0) is 18.0. The van der Waals surface area contributed by atoms with Crippen LogP contribution in [0.5, 0.6) is 0 Å². The van der Waals surface area contributed by atoms with Crippen molar-refractivity contribution in [3.05, 3.63) is 59.3 Å². The van der Waals surface area contributed by atoms with E-state index < -0.39 is 0 Å². The average Bonchev–Trinajstić information content (AvgIpc) is 3.25. The highest BCUT2D eigenvalue weighted by Gasteiger charge is 2.41. The molecule has 0 aliphatic carbocycles. The fourth-order valence-corrected chi connectivity index (χ4v) is 4.60. The summed E-state index contributed by atoms with van der Waals surface area (Å²) in [5, 5.41) is 9.14. The van der Waals surface area contributed by atoms with Crippen molar-refractivity contribution in [3.63, 3.8) is 0 Å². The number of halogens is 1. The lowest BCUT2D eigenvalue weighted by atomic mass is 9.79. The molecule has 5 heteroatoms. The summed E-state index contributed by atoms with van der Waals surface area (Å²) < 4.78 is 18.8. The molecule has 1 unspecified atom stereocenters. The molecule has 1 spiro atoms. The Morgan fingerprint density at radius 3 is 2.38 bits per heavy atom. The molecule has 140 valence electrons. The minimum Gasteiger partial charge on any atom is -0.462 e. The van der Waals surface area contributed by atoms with Crippen molar-refractivity contribution in [3.8, 4) is 0 Å². The predicted molar refractivity (Wildman–Crippen MR) is 97.9 cm³/mol. The molecule has 2 aromatic rings. The fourth-order valence-electron chi connectivity index (χ4n) is 4.60. The molecule has 4 nitrogen and oxygen atoms in total. The first-order chi connectivity index (χ1) is 12.6. The molecule has 2 fully saturated rings. The predicted octanol–water partition coefficient (Wildman–Crippen LogP) is 3.40. The van der Waals surface area contributed by atoms with Crippen LogP contribution in [0.4, 0.5) is 4.39 Å². The lowest BCUT2D eigenvalue weighted by Crippen LogP contribution is -2.44. The first-order valence-corrected chi connectivity index (χ1v) is 9.52. The van der Waals surface area contributed by atoms with Gasteiger partial charge in [-0.05, 0) is 67.6 Å². The van der Waals surface area contributed by atoms with Crippen LogP contribution in [0.25, 0.3) is 0 Å². The van der Waals surface area contributed by atoms with Gasteiger partial charge in [0.2, 0.25) is 0 Å². The van der Waals surface area contributed by atoms with E-state index in [1.165, 1.54) is 24.8 Å². The van der Waals surface area contributed by atoms with E-state index in [1.807, 2.05) is 24.3 Å². The Kier molecular flexibility index (Phi) is 5.11. The van der Waals surface area contributed by atoms with Crippen LogP contribution >= 0.6 is 0 Å². The van der Waals surface area contributed by atoms with Gasteiger partial charge < -0.3 is 9.52 Å². The smallest absolute Gasteiger partial charge is 0.129 e. The molecule has 0 saturated carbocycles. The summed E-state index contributed by atoms with van der Waals surface area (Å²) in [4.78, 5) is 5.00.